The molecule has 4 aliphatic rings. The molecule has 14 aromatic rings. The minimum Gasteiger partial charge on any atom is -0.311 e. The number of para-hydroxylation sites is 4. The van der Waals surface area contributed by atoms with Crippen LogP contribution in [0.15, 0.2) is 315 Å². The van der Waals surface area contributed by atoms with Gasteiger partial charge in [0.1, 0.15) is 0 Å². The van der Waals surface area contributed by atoms with E-state index < -0.39 is 231 Å². The molecule has 0 unspecified atom stereocenters. The van der Waals surface area contributed by atoms with Gasteiger partial charge in [0.15, 0.2) is 0 Å². The lowest BCUT2D eigenvalue weighted by molar-refractivity contribution is 0.590. The van der Waals surface area contributed by atoms with Crippen molar-refractivity contribution in [3.63, 3.8) is 0 Å². The summed E-state index contributed by atoms with van der Waals surface area (Å²) in [6, 6.07) is 26.8. The first-order chi connectivity index (χ1) is 71.1. The van der Waals surface area contributed by atoms with Crippen LogP contribution in [0.25, 0.3) is 0 Å². The van der Waals surface area contributed by atoms with Crippen LogP contribution in [0.1, 0.15) is 252 Å². The van der Waals surface area contributed by atoms with Crippen molar-refractivity contribution in [3.05, 3.63) is 359 Å². The number of benzene rings is 14. The Morgan fingerprint density at radius 2 is 0.444 bits per heavy atom. The molecule has 14 aromatic carbocycles. The molecule has 0 N–H and O–H groups in total. The summed E-state index contributed by atoms with van der Waals surface area (Å²) >= 11 is 0. The van der Waals surface area contributed by atoms with Gasteiger partial charge < -0.3 is 29.4 Å². The minimum atomic E-state index is -1.62. The highest BCUT2D eigenvalue weighted by atomic mass is 15.2. The fourth-order valence-electron chi connectivity index (χ4n) is 16.3. The molecule has 624 valence electrons. The third-order valence-electron chi connectivity index (χ3n) is 23.2. The maximum Gasteiger partial charge on any atom is 0.252 e. The fraction of sp³-hybridized carbons (Fsp3) is 0.276. The molecule has 6 nitrogen and oxygen atoms in total. The van der Waals surface area contributed by atoms with Crippen molar-refractivity contribution in [2.24, 2.45) is 0 Å². The molecule has 4 heterocycles. The van der Waals surface area contributed by atoms with Gasteiger partial charge in [-0.25, -0.2) is 0 Å². The van der Waals surface area contributed by atoms with E-state index in [4.69, 9.17) is 8.22 Å². The second-order valence-electron chi connectivity index (χ2n) is 40.9. The highest BCUT2D eigenvalue weighted by Crippen LogP contribution is 2.53. The second kappa shape index (κ2) is 31.0. The highest BCUT2D eigenvalue weighted by molar-refractivity contribution is 7.01. The number of fused-ring (bicyclic) bond motifs is 8. The Bertz CT molecular complexity index is 7670. The van der Waals surface area contributed by atoms with Crippen LogP contribution in [0.3, 0.4) is 0 Å². The molecule has 0 aromatic heterocycles. The van der Waals surface area contributed by atoms with Crippen molar-refractivity contribution in [2.45, 2.75) is 209 Å². The molecule has 0 atom stereocenters. The second-order valence-corrected chi connectivity index (χ2v) is 40.9. The number of rotatable bonds is 10. The van der Waals surface area contributed by atoms with Crippen LogP contribution in [-0.4, -0.2) is 13.4 Å². The molecular formula is C116H124B2N6. The van der Waals surface area contributed by atoms with Crippen LogP contribution in [0, 0.1) is 0 Å². The summed E-state index contributed by atoms with van der Waals surface area (Å²) < 4.78 is 290. The summed E-state index contributed by atoms with van der Waals surface area (Å²) in [5.74, 6) is 0. The van der Waals surface area contributed by atoms with Crippen molar-refractivity contribution >= 4 is 149 Å². The lowest BCUT2D eigenvalue weighted by Gasteiger charge is -2.45. The Hall–Kier alpha value is -12.0. The number of hydrogen-bond donors (Lipinski definition) is 0. The topological polar surface area (TPSA) is 19.4 Å². The maximum absolute atomic E-state index is 10.4. The van der Waals surface area contributed by atoms with Gasteiger partial charge in [0, 0.05) is 91.0 Å². The largest absolute Gasteiger partial charge is 0.311 e. The number of nitrogens with zero attached hydrogens (tertiary/aromatic N) is 6. The molecule has 0 aliphatic carbocycles. The minimum absolute atomic E-state index is 0.00562. The van der Waals surface area contributed by atoms with Gasteiger partial charge in [-0.15, -0.1) is 0 Å². The van der Waals surface area contributed by atoms with Gasteiger partial charge in [0.05, 0.1) is 52.5 Å². The van der Waals surface area contributed by atoms with E-state index in [1.807, 2.05) is 77.9 Å². The molecule has 8 heteroatoms. The monoisotopic (exact) mass is 1650 g/mol. The van der Waals surface area contributed by atoms with Gasteiger partial charge in [-0.2, -0.15) is 0 Å². The molecule has 0 amide bonds. The first-order valence-electron chi connectivity index (χ1n) is 57.5. The van der Waals surface area contributed by atoms with E-state index in [9.17, 15) is 32.9 Å². The quantitative estimate of drug-likeness (QED) is 0.126. The highest BCUT2D eigenvalue weighted by Gasteiger charge is 2.48. The molecule has 0 spiro atoms. The summed E-state index contributed by atoms with van der Waals surface area (Å²) in [5, 5.41) is 0. The van der Waals surface area contributed by atoms with Crippen molar-refractivity contribution < 1.29 is 41.1 Å². The maximum atomic E-state index is 10.4. The van der Waals surface area contributed by atoms with Gasteiger partial charge >= 0.3 is 0 Å². The smallest absolute Gasteiger partial charge is 0.252 e. The van der Waals surface area contributed by atoms with Gasteiger partial charge in [-0.1, -0.05) is 336 Å². The van der Waals surface area contributed by atoms with Gasteiger partial charge in [-0.3, -0.25) is 0 Å². The Balaban J connectivity index is 0.000000214. The van der Waals surface area contributed by atoms with E-state index in [1.54, 1.807) is 83.1 Å². The summed E-state index contributed by atoms with van der Waals surface area (Å²) in [4.78, 5) is 9.37. The normalized spacial score (nSPS) is 17.1. The van der Waals surface area contributed by atoms with E-state index in [-0.39, 0.29) is 97.1 Å². The SMILES string of the molecule is [2H]c1c([2H])c(C(C)(C)C)c([2H])c2c1N(c1ccc(C(C)(C)C)cc1)c1cc(N(c3ccccc3)c3ccccc3)cc3c1B2c1c([2H])c(C(C)(C)C)c([2H])c([2H])c1N3c1ccc(C(C)(C)C)cc1.[2H]c1c([2H])c([2H])c(N(c2cc3c4c(c2)N(c2c([2H])c([2H])c(C(C)(C)C)c([2H])c2[2H])c2c([2H])c([2H])c(C(C)(C)C)c([2H])c2B4c2c([2H])c(C(C)(C)C)c([2H])c([2H])c2N3c2c([2H])c([2H])c(C(C)(C)C)c([2H])c2[2H])c2c([2H])c([2H])c([2H])c([2H])c2[2H])c([2H])c1[2H]. The third-order valence-corrected chi connectivity index (χ3v) is 23.2. The van der Waals surface area contributed by atoms with E-state index >= 15 is 0 Å². The first kappa shape index (κ1) is 55.3. The van der Waals surface area contributed by atoms with Crippen molar-refractivity contribution in [1.29, 1.82) is 0 Å². The van der Waals surface area contributed by atoms with Crippen LogP contribution in [0.5, 0.6) is 0 Å². The van der Waals surface area contributed by atoms with Crippen LogP contribution in [0.4, 0.5) is 102 Å². The lowest BCUT2D eigenvalue weighted by Crippen LogP contribution is -2.61. The standard InChI is InChI=1S/2C58H62BN3/c2*1-55(2,3)39-23-29-45(30-24-39)61-50-33-27-41(57(7,8)9)35-48(50)59-49-36-42(58(10,11)12)28-34-51(49)62(46-31-25-40(26-32-46)56(4,5)6)53-38-47(37-52(61)54(53)59)60(43-19-15-13-16-20-43)44-21-17-14-18-22-44/h2*13-38H,1-12H3/i13D,14D,15D,16D,17D,18D,19D,20D,21D,22D,23D,24D,25D,26D,27D,28D,29D,30D,31D,32D,33D,34D,35D,36D;27D,28D,33D,34D,35D,36D. The molecule has 4 aliphatic heterocycles. The molecule has 124 heavy (non-hydrogen) atoms. The lowest BCUT2D eigenvalue weighted by atomic mass is 9.33. The zero-order valence-corrected chi connectivity index (χ0v) is 75.5. The van der Waals surface area contributed by atoms with Crippen molar-refractivity contribution in [1.82, 2.24) is 0 Å². The van der Waals surface area contributed by atoms with E-state index in [0.717, 1.165) is 71.1 Å². The number of hydrogen-bond acceptors (Lipinski definition) is 6. The summed E-state index contributed by atoms with van der Waals surface area (Å²) in [5.41, 5.74) is 0.384. The van der Waals surface area contributed by atoms with Gasteiger partial charge in [-0.05, 0) is 266 Å². The Labute approximate surface area is 784 Å². The zero-order chi connectivity index (χ0) is 114. The predicted octanol–water partition coefficient (Wildman–Crippen LogP) is 28.9. The van der Waals surface area contributed by atoms with Crippen LogP contribution < -0.4 is 62.2 Å². The first-order valence-corrected chi connectivity index (χ1v) is 42.5. The predicted molar refractivity (Wildman–Crippen MR) is 540 cm³/mol. The Morgan fingerprint density at radius 3 is 0.694 bits per heavy atom. The van der Waals surface area contributed by atoms with E-state index in [0.29, 0.717) is 33.4 Å². The fourth-order valence-corrected chi connectivity index (χ4v) is 16.3. The van der Waals surface area contributed by atoms with E-state index in [2.05, 4.69) is 141 Å². The molecular weight excluding hydrogens is 1500 g/mol. The van der Waals surface area contributed by atoms with E-state index in [1.165, 1.54) is 12.1 Å². The zero-order valence-electron chi connectivity index (χ0n) is 106. The molecule has 18 rings (SSSR count). The molecule has 0 bridgehead atoms. The molecule has 0 fully saturated rings. The van der Waals surface area contributed by atoms with Crippen LogP contribution in [0.2, 0.25) is 0 Å². The average Bonchev–Trinajstić information content (AvgIpc) is 0.677. The summed E-state index contributed by atoms with van der Waals surface area (Å²) in [6.07, 6.45) is 0. The van der Waals surface area contributed by atoms with Crippen molar-refractivity contribution in [2.75, 3.05) is 29.4 Å². The average molecular weight is 1650 g/mol. The Kier molecular flexibility index (Phi) is 13.8. The van der Waals surface area contributed by atoms with Gasteiger partial charge in [0.2, 0.25) is 0 Å². The summed E-state index contributed by atoms with van der Waals surface area (Å²) in [6.45, 7) is 42.9. The molecule has 0 saturated carbocycles. The number of anilines is 18. The molecule has 0 saturated heterocycles. The van der Waals surface area contributed by atoms with Crippen molar-refractivity contribution in [3.8, 4) is 0 Å². The Morgan fingerprint density at radius 1 is 0.210 bits per heavy atom. The summed E-state index contributed by atoms with van der Waals surface area (Å²) in [7, 11) is 0. The third kappa shape index (κ3) is 15.8. The van der Waals surface area contributed by atoms with Gasteiger partial charge in [0.25, 0.3) is 13.4 Å². The van der Waals surface area contributed by atoms with Crippen LogP contribution in [-0.2, 0) is 43.3 Å². The molecule has 0 radical (unpaired) electrons. The van der Waals surface area contributed by atoms with Crippen LogP contribution >= 0.6 is 0 Å².